The lowest BCUT2D eigenvalue weighted by molar-refractivity contribution is 0.102. The van der Waals surface area contributed by atoms with Gasteiger partial charge in [0.15, 0.2) is 5.78 Å². The number of hydrogen-bond acceptors (Lipinski definition) is 6. The first kappa shape index (κ1) is 20.4. The highest BCUT2D eigenvalue weighted by Crippen LogP contribution is 2.21. The molecule has 2 rings (SSSR count). The van der Waals surface area contributed by atoms with Crippen LogP contribution in [0.15, 0.2) is 52.5 Å². The molecule has 0 saturated heterocycles. The average Bonchev–Trinajstić information content (AvgIpc) is 2.67. The van der Waals surface area contributed by atoms with Gasteiger partial charge in [-0.25, -0.2) is 13.4 Å². The number of carbonyl (C=O) groups excluding carboxylic acids is 1. The molecule has 0 N–H and O–H groups in total. The molecule has 0 aliphatic rings. The van der Waals surface area contributed by atoms with Crippen molar-refractivity contribution >= 4 is 27.6 Å². The molecule has 0 bridgehead atoms. The molecule has 8 heteroatoms. The quantitative estimate of drug-likeness (QED) is 0.480. The Morgan fingerprint density at radius 2 is 1.77 bits per heavy atom. The van der Waals surface area contributed by atoms with Gasteiger partial charge in [-0.2, -0.15) is 4.31 Å². The summed E-state index contributed by atoms with van der Waals surface area (Å²) >= 11 is 1.27. The molecule has 0 aliphatic carbocycles. The number of thioether (sulfide) groups is 1. The van der Waals surface area contributed by atoms with Crippen molar-refractivity contribution in [1.82, 2.24) is 9.29 Å². The maximum atomic E-state index is 12.4. The standard InChI is InChI=1S/C18H22N2O4S2/c1-4-20(5-2)26(22,23)16-10-11-18(19-12-16)25-13-17(21)14-6-8-15(24-3)9-7-14/h6-12H,4-5,13H2,1-3H3. The van der Waals surface area contributed by atoms with Crippen molar-refractivity contribution in [3.8, 4) is 5.75 Å². The number of sulfonamides is 1. The molecule has 140 valence electrons. The number of Topliss-reactive ketones (excluding diaryl/α,β-unsaturated/α-hetero) is 1. The van der Waals surface area contributed by atoms with Gasteiger partial charge < -0.3 is 4.74 Å². The van der Waals surface area contributed by atoms with Crippen LogP contribution in [0.2, 0.25) is 0 Å². The molecule has 0 radical (unpaired) electrons. The Morgan fingerprint density at radius 1 is 1.12 bits per heavy atom. The molecule has 1 heterocycles. The van der Waals surface area contributed by atoms with Crippen LogP contribution in [0, 0.1) is 0 Å². The summed E-state index contributed by atoms with van der Waals surface area (Å²) in [5.41, 5.74) is 0.596. The summed E-state index contributed by atoms with van der Waals surface area (Å²) in [6.45, 7) is 4.41. The highest BCUT2D eigenvalue weighted by Gasteiger charge is 2.21. The maximum absolute atomic E-state index is 12.4. The smallest absolute Gasteiger partial charge is 0.244 e. The van der Waals surface area contributed by atoms with Crippen molar-refractivity contribution in [3.63, 3.8) is 0 Å². The first-order valence-electron chi connectivity index (χ1n) is 8.18. The van der Waals surface area contributed by atoms with Gasteiger partial charge in [-0.05, 0) is 36.4 Å². The van der Waals surface area contributed by atoms with Crippen molar-refractivity contribution < 1.29 is 17.9 Å². The van der Waals surface area contributed by atoms with Crippen LogP contribution in [0.25, 0.3) is 0 Å². The van der Waals surface area contributed by atoms with E-state index in [1.807, 2.05) is 0 Å². The molecule has 0 atom stereocenters. The van der Waals surface area contributed by atoms with E-state index in [-0.39, 0.29) is 16.4 Å². The van der Waals surface area contributed by atoms with Gasteiger partial charge in [-0.3, -0.25) is 4.79 Å². The molecule has 26 heavy (non-hydrogen) atoms. The van der Waals surface area contributed by atoms with Gasteiger partial charge in [0.05, 0.1) is 17.9 Å². The van der Waals surface area contributed by atoms with Crippen molar-refractivity contribution in [2.24, 2.45) is 0 Å². The molecule has 0 fully saturated rings. The van der Waals surface area contributed by atoms with Gasteiger partial charge in [-0.15, -0.1) is 0 Å². The van der Waals surface area contributed by atoms with Crippen LogP contribution in [-0.4, -0.2) is 49.4 Å². The van der Waals surface area contributed by atoms with Crippen LogP contribution in [0.5, 0.6) is 5.75 Å². The summed E-state index contributed by atoms with van der Waals surface area (Å²) in [4.78, 5) is 16.6. The maximum Gasteiger partial charge on any atom is 0.244 e. The van der Waals surface area contributed by atoms with Crippen LogP contribution < -0.4 is 4.74 Å². The number of ether oxygens (including phenoxy) is 1. The number of benzene rings is 1. The lowest BCUT2D eigenvalue weighted by atomic mass is 10.1. The van der Waals surface area contributed by atoms with E-state index >= 15 is 0 Å². The molecular formula is C18H22N2O4S2. The summed E-state index contributed by atoms with van der Waals surface area (Å²) < 4.78 is 31.3. The zero-order valence-electron chi connectivity index (χ0n) is 15.0. The Morgan fingerprint density at radius 3 is 2.27 bits per heavy atom. The van der Waals surface area contributed by atoms with Gasteiger partial charge in [0.25, 0.3) is 0 Å². The second kappa shape index (κ2) is 9.16. The second-order valence-corrected chi connectivity index (χ2v) is 8.30. The minimum Gasteiger partial charge on any atom is -0.497 e. The van der Waals surface area contributed by atoms with E-state index < -0.39 is 10.0 Å². The molecule has 0 unspecified atom stereocenters. The molecular weight excluding hydrogens is 372 g/mol. The fourth-order valence-electron chi connectivity index (χ4n) is 2.32. The second-order valence-electron chi connectivity index (χ2n) is 5.36. The third-order valence-electron chi connectivity index (χ3n) is 3.82. The summed E-state index contributed by atoms with van der Waals surface area (Å²) in [5.74, 6) is 0.890. The minimum atomic E-state index is -3.52. The first-order valence-corrected chi connectivity index (χ1v) is 10.6. The number of carbonyl (C=O) groups is 1. The van der Waals surface area contributed by atoms with Crippen LogP contribution >= 0.6 is 11.8 Å². The highest BCUT2D eigenvalue weighted by atomic mass is 32.2. The predicted octanol–water partition coefficient (Wildman–Crippen LogP) is 3.10. The molecule has 1 aromatic carbocycles. The Labute approximate surface area is 158 Å². The van der Waals surface area contributed by atoms with Gasteiger partial charge in [0.2, 0.25) is 10.0 Å². The van der Waals surface area contributed by atoms with Gasteiger partial charge >= 0.3 is 0 Å². The topological polar surface area (TPSA) is 76.6 Å². The summed E-state index contributed by atoms with van der Waals surface area (Å²) in [6.07, 6.45) is 1.34. The van der Waals surface area contributed by atoms with Crippen molar-refractivity contribution in [3.05, 3.63) is 48.2 Å². The molecule has 0 spiro atoms. The van der Waals surface area contributed by atoms with Crippen molar-refractivity contribution in [2.45, 2.75) is 23.8 Å². The van der Waals surface area contributed by atoms with Crippen molar-refractivity contribution in [1.29, 1.82) is 0 Å². The number of aromatic nitrogens is 1. The van der Waals surface area contributed by atoms with E-state index in [0.29, 0.717) is 29.4 Å². The van der Waals surface area contributed by atoms with E-state index in [4.69, 9.17) is 4.74 Å². The molecule has 2 aromatic rings. The van der Waals surface area contributed by atoms with Crippen LogP contribution in [0.1, 0.15) is 24.2 Å². The fourth-order valence-corrected chi connectivity index (χ4v) is 4.46. The number of methoxy groups -OCH3 is 1. The third kappa shape index (κ3) is 4.84. The van der Waals surface area contributed by atoms with Gasteiger partial charge in [0.1, 0.15) is 10.6 Å². The molecule has 0 saturated carbocycles. The first-order chi connectivity index (χ1) is 12.4. The average molecular weight is 395 g/mol. The van der Waals surface area contributed by atoms with Gasteiger partial charge in [-0.1, -0.05) is 25.6 Å². The number of nitrogens with zero attached hydrogens (tertiary/aromatic N) is 2. The third-order valence-corrected chi connectivity index (χ3v) is 6.79. The zero-order valence-corrected chi connectivity index (χ0v) is 16.6. The largest absolute Gasteiger partial charge is 0.497 e. The molecule has 6 nitrogen and oxygen atoms in total. The van der Waals surface area contributed by atoms with Crippen LogP contribution in [-0.2, 0) is 10.0 Å². The fraction of sp³-hybridized carbons (Fsp3) is 0.333. The van der Waals surface area contributed by atoms with Gasteiger partial charge in [0, 0.05) is 24.8 Å². The van der Waals surface area contributed by atoms with Crippen LogP contribution in [0.4, 0.5) is 0 Å². The lowest BCUT2D eigenvalue weighted by Crippen LogP contribution is -2.30. The van der Waals surface area contributed by atoms with Crippen molar-refractivity contribution in [2.75, 3.05) is 26.0 Å². The number of ketones is 1. The normalized spacial score (nSPS) is 11.5. The number of rotatable bonds is 9. The predicted molar refractivity (Wildman–Crippen MR) is 102 cm³/mol. The summed E-state index contributed by atoms with van der Waals surface area (Å²) in [6, 6.07) is 10.1. The summed E-state index contributed by atoms with van der Waals surface area (Å²) in [5, 5.41) is 0.602. The number of pyridine rings is 1. The van der Waals surface area contributed by atoms with E-state index in [9.17, 15) is 13.2 Å². The Kier molecular flexibility index (Phi) is 7.19. The highest BCUT2D eigenvalue weighted by molar-refractivity contribution is 7.99. The minimum absolute atomic E-state index is 0.0284. The number of hydrogen-bond donors (Lipinski definition) is 0. The van der Waals surface area contributed by atoms with E-state index in [1.165, 1.54) is 28.3 Å². The molecule has 1 aromatic heterocycles. The van der Waals surface area contributed by atoms with Crippen LogP contribution in [0.3, 0.4) is 0 Å². The van der Waals surface area contributed by atoms with E-state index in [0.717, 1.165) is 0 Å². The Hall–Kier alpha value is -1.90. The molecule has 0 aliphatic heterocycles. The zero-order chi connectivity index (χ0) is 19.2. The Balaban J connectivity index is 2.01. The van der Waals surface area contributed by atoms with E-state index in [1.54, 1.807) is 51.3 Å². The molecule has 0 amide bonds. The van der Waals surface area contributed by atoms with E-state index in [2.05, 4.69) is 4.98 Å². The SMILES string of the molecule is CCN(CC)S(=O)(=O)c1ccc(SCC(=O)c2ccc(OC)cc2)nc1. The Bertz CT molecular complexity index is 830. The monoisotopic (exact) mass is 394 g/mol. The summed E-state index contributed by atoms with van der Waals surface area (Å²) in [7, 11) is -1.94. The lowest BCUT2D eigenvalue weighted by Gasteiger charge is -2.18.